The number of carbonyl (C=O) groups is 1. The molecule has 0 saturated heterocycles. The smallest absolute Gasteiger partial charge is 0.189 e. The summed E-state index contributed by atoms with van der Waals surface area (Å²) in [7, 11) is 3.00. The molecule has 0 spiro atoms. The van der Waals surface area contributed by atoms with Gasteiger partial charge in [0.2, 0.25) is 0 Å². The van der Waals surface area contributed by atoms with Crippen molar-refractivity contribution in [1.82, 2.24) is 0 Å². The molecule has 6 heteroatoms. The highest BCUT2D eigenvalue weighted by molar-refractivity contribution is 6.08. The summed E-state index contributed by atoms with van der Waals surface area (Å²) >= 11 is 0. The molecular weight excluding hydrogens is 298 g/mol. The predicted octanol–water partition coefficient (Wildman–Crippen LogP) is 3.70. The van der Waals surface area contributed by atoms with Gasteiger partial charge in [-0.3, -0.25) is 4.79 Å². The van der Waals surface area contributed by atoms with Gasteiger partial charge >= 0.3 is 0 Å². The molecule has 0 aliphatic heterocycles. The van der Waals surface area contributed by atoms with E-state index in [-0.39, 0.29) is 17.2 Å². The van der Waals surface area contributed by atoms with E-state index in [0.717, 1.165) is 0 Å². The number of allylic oxidation sites excluding steroid dienone is 1. The number of ketones is 1. The van der Waals surface area contributed by atoms with Gasteiger partial charge in [0.1, 0.15) is 22.9 Å². The van der Waals surface area contributed by atoms with Crippen LogP contribution in [0, 0.1) is 4.91 Å². The van der Waals surface area contributed by atoms with Crippen LogP contribution in [-0.4, -0.2) is 25.1 Å². The molecule has 6 nitrogen and oxygen atoms in total. The van der Waals surface area contributed by atoms with Gasteiger partial charge in [0.25, 0.3) is 0 Å². The van der Waals surface area contributed by atoms with Crippen LogP contribution in [0.3, 0.4) is 0 Å². The maximum atomic E-state index is 12.3. The third-order valence-corrected chi connectivity index (χ3v) is 3.20. The number of nitrogens with zero attached hydrogens (tertiary/aromatic N) is 1. The lowest BCUT2D eigenvalue weighted by atomic mass is 10.1. The van der Waals surface area contributed by atoms with Gasteiger partial charge in [-0.15, -0.1) is 4.91 Å². The normalized spacial score (nSPS) is 10.5. The average molecular weight is 313 g/mol. The Hall–Kier alpha value is -3.15. The summed E-state index contributed by atoms with van der Waals surface area (Å²) in [5, 5.41) is 12.2. The Morgan fingerprint density at radius 3 is 2.52 bits per heavy atom. The van der Waals surface area contributed by atoms with E-state index in [2.05, 4.69) is 5.18 Å². The Balaban J connectivity index is 2.24. The summed E-state index contributed by atoms with van der Waals surface area (Å²) in [6.07, 6.45) is 2.88. The van der Waals surface area contributed by atoms with Crippen molar-refractivity contribution >= 4 is 17.5 Å². The largest absolute Gasteiger partial charge is 0.506 e. The summed E-state index contributed by atoms with van der Waals surface area (Å²) in [6, 6.07) is 9.20. The van der Waals surface area contributed by atoms with E-state index in [4.69, 9.17) is 9.47 Å². The second-order valence-electron chi connectivity index (χ2n) is 4.60. The lowest BCUT2D eigenvalue weighted by Gasteiger charge is -2.07. The molecule has 0 fully saturated rings. The number of nitroso groups, excluding NO2 is 1. The molecule has 0 bridgehead atoms. The molecule has 0 heterocycles. The Kier molecular flexibility index (Phi) is 5.09. The molecule has 2 aromatic rings. The van der Waals surface area contributed by atoms with E-state index < -0.39 is 0 Å². The molecule has 2 rings (SSSR count). The molecule has 0 unspecified atom stereocenters. The van der Waals surface area contributed by atoms with Gasteiger partial charge in [0.15, 0.2) is 5.78 Å². The monoisotopic (exact) mass is 313 g/mol. The zero-order valence-electron chi connectivity index (χ0n) is 12.6. The summed E-state index contributed by atoms with van der Waals surface area (Å²) in [5.74, 6) is 0.491. The molecular formula is C17H15NO5. The molecule has 0 atom stereocenters. The van der Waals surface area contributed by atoms with Crippen molar-refractivity contribution in [3.05, 3.63) is 58.5 Å². The molecule has 118 valence electrons. The van der Waals surface area contributed by atoms with E-state index in [1.54, 1.807) is 24.3 Å². The number of aromatic hydroxyl groups is 1. The number of methoxy groups -OCH3 is 2. The second-order valence-corrected chi connectivity index (χ2v) is 4.60. The molecule has 0 aromatic heterocycles. The number of hydrogen-bond acceptors (Lipinski definition) is 6. The van der Waals surface area contributed by atoms with E-state index >= 15 is 0 Å². The van der Waals surface area contributed by atoms with Crippen LogP contribution >= 0.6 is 0 Å². The van der Waals surface area contributed by atoms with Gasteiger partial charge in [-0.25, -0.2) is 0 Å². The minimum absolute atomic E-state index is 0.0506. The van der Waals surface area contributed by atoms with Crippen molar-refractivity contribution in [2.45, 2.75) is 0 Å². The SMILES string of the molecule is COc1ccc(C(=O)/C=C/c2ccc(N=O)c(O)c2)c(OC)c1. The third-order valence-electron chi connectivity index (χ3n) is 3.20. The Bertz CT molecular complexity index is 768. The Morgan fingerprint density at radius 2 is 1.91 bits per heavy atom. The first-order valence-corrected chi connectivity index (χ1v) is 6.70. The minimum Gasteiger partial charge on any atom is -0.506 e. The lowest BCUT2D eigenvalue weighted by Crippen LogP contribution is -1.99. The molecule has 0 aliphatic carbocycles. The van der Waals surface area contributed by atoms with Crippen LogP contribution in [0.5, 0.6) is 17.2 Å². The number of rotatable bonds is 6. The highest BCUT2D eigenvalue weighted by Gasteiger charge is 2.11. The van der Waals surface area contributed by atoms with Gasteiger partial charge in [0, 0.05) is 6.07 Å². The third kappa shape index (κ3) is 3.74. The number of benzene rings is 2. The van der Waals surface area contributed by atoms with Gasteiger partial charge in [-0.1, -0.05) is 12.1 Å². The summed E-state index contributed by atoms with van der Waals surface area (Å²) < 4.78 is 10.3. The number of ether oxygens (including phenoxy) is 2. The first-order valence-electron chi connectivity index (χ1n) is 6.70. The number of hydrogen-bond donors (Lipinski definition) is 1. The van der Waals surface area contributed by atoms with Crippen LogP contribution in [0.4, 0.5) is 5.69 Å². The van der Waals surface area contributed by atoms with Crippen LogP contribution < -0.4 is 9.47 Å². The topological polar surface area (TPSA) is 85.2 Å². The zero-order chi connectivity index (χ0) is 16.8. The van der Waals surface area contributed by atoms with Crippen molar-refractivity contribution in [3.8, 4) is 17.2 Å². The van der Waals surface area contributed by atoms with Crippen molar-refractivity contribution in [2.75, 3.05) is 14.2 Å². The minimum atomic E-state index is -0.262. The predicted molar refractivity (Wildman–Crippen MR) is 86.5 cm³/mol. The van der Waals surface area contributed by atoms with E-state index in [9.17, 15) is 14.8 Å². The Morgan fingerprint density at radius 1 is 1.13 bits per heavy atom. The van der Waals surface area contributed by atoms with Crippen LogP contribution in [0.2, 0.25) is 0 Å². The first-order chi connectivity index (χ1) is 11.1. The molecule has 0 aliphatic rings. The summed E-state index contributed by atoms with van der Waals surface area (Å²) in [6.45, 7) is 0. The van der Waals surface area contributed by atoms with E-state index in [0.29, 0.717) is 22.6 Å². The highest BCUT2D eigenvalue weighted by atomic mass is 16.5. The highest BCUT2D eigenvalue weighted by Crippen LogP contribution is 2.28. The van der Waals surface area contributed by atoms with Crippen LogP contribution in [0.1, 0.15) is 15.9 Å². The standard InChI is InChI=1S/C17H15NO5/c1-22-12-5-6-13(17(10-12)23-2)15(19)8-4-11-3-7-14(18-21)16(20)9-11/h3-10,20H,1-2H3/b8-4+. The van der Waals surface area contributed by atoms with Crippen molar-refractivity contribution in [2.24, 2.45) is 5.18 Å². The number of carbonyl (C=O) groups excluding carboxylic acids is 1. The van der Waals surface area contributed by atoms with Crippen molar-refractivity contribution < 1.29 is 19.4 Å². The van der Waals surface area contributed by atoms with Gasteiger partial charge in [-0.2, -0.15) is 0 Å². The fourth-order valence-corrected chi connectivity index (χ4v) is 1.99. The van der Waals surface area contributed by atoms with Crippen LogP contribution in [-0.2, 0) is 0 Å². The summed E-state index contributed by atoms with van der Waals surface area (Å²) in [4.78, 5) is 22.7. The van der Waals surface area contributed by atoms with Crippen LogP contribution in [0.15, 0.2) is 47.7 Å². The maximum Gasteiger partial charge on any atom is 0.189 e. The van der Waals surface area contributed by atoms with Gasteiger partial charge < -0.3 is 14.6 Å². The quantitative estimate of drug-likeness (QED) is 0.499. The van der Waals surface area contributed by atoms with Crippen LogP contribution in [0.25, 0.3) is 6.08 Å². The molecule has 0 amide bonds. The molecule has 0 radical (unpaired) electrons. The van der Waals surface area contributed by atoms with E-state index in [1.165, 1.54) is 38.5 Å². The lowest BCUT2D eigenvalue weighted by molar-refractivity contribution is 0.104. The second kappa shape index (κ2) is 7.22. The molecule has 23 heavy (non-hydrogen) atoms. The first kappa shape index (κ1) is 16.2. The zero-order valence-corrected chi connectivity index (χ0v) is 12.6. The fourth-order valence-electron chi connectivity index (χ4n) is 1.99. The number of phenols is 1. The van der Waals surface area contributed by atoms with Gasteiger partial charge in [0.05, 0.1) is 19.8 Å². The molecule has 1 N–H and O–H groups in total. The molecule has 0 saturated carbocycles. The average Bonchev–Trinajstić information content (AvgIpc) is 2.59. The Labute approximate surface area is 133 Å². The van der Waals surface area contributed by atoms with Gasteiger partial charge in [-0.05, 0) is 41.1 Å². The fraction of sp³-hybridized carbons (Fsp3) is 0.118. The maximum absolute atomic E-state index is 12.3. The number of phenolic OH excluding ortho intramolecular Hbond substituents is 1. The van der Waals surface area contributed by atoms with Crippen molar-refractivity contribution in [3.63, 3.8) is 0 Å². The summed E-state index contributed by atoms with van der Waals surface area (Å²) in [5.41, 5.74) is 0.904. The van der Waals surface area contributed by atoms with Crippen molar-refractivity contribution in [1.29, 1.82) is 0 Å². The molecule has 2 aromatic carbocycles. The van der Waals surface area contributed by atoms with E-state index in [1.807, 2.05) is 0 Å².